The van der Waals surface area contributed by atoms with E-state index < -0.39 is 0 Å². The van der Waals surface area contributed by atoms with Crippen LogP contribution in [0, 0.1) is 17.2 Å². The third kappa shape index (κ3) is 6.13. The van der Waals surface area contributed by atoms with Crippen LogP contribution in [0.1, 0.15) is 38.7 Å². The maximum Gasteiger partial charge on any atom is 0.342 e. The average Bonchev–Trinajstić information content (AvgIpc) is 3.15. The van der Waals surface area contributed by atoms with Crippen molar-refractivity contribution in [2.45, 2.75) is 39.2 Å². The Morgan fingerprint density at radius 2 is 2.03 bits per heavy atom. The highest BCUT2D eigenvalue weighted by Gasteiger charge is 2.31. The summed E-state index contributed by atoms with van der Waals surface area (Å²) in [6.07, 6.45) is 1.99. The van der Waals surface area contributed by atoms with Crippen molar-refractivity contribution < 1.29 is 9.53 Å². The van der Waals surface area contributed by atoms with Gasteiger partial charge in [0.2, 0.25) is 0 Å². The predicted molar refractivity (Wildman–Crippen MR) is 124 cm³/mol. The molecule has 0 spiro atoms. The summed E-state index contributed by atoms with van der Waals surface area (Å²) in [6.45, 7) is 4.28. The molecule has 0 fully saturated rings. The van der Waals surface area contributed by atoms with Crippen LogP contribution in [-0.4, -0.2) is 29.4 Å². The number of anilines is 1. The average molecular weight is 459 g/mol. The SMILES string of the molecule is CC(C)Oc1ccc(NC(=O)N2CC(CCCC#N)C(c3ccc(Cl)cc3)=N2)cc1Cl. The number of hydrazone groups is 1. The molecule has 6 nitrogen and oxygen atoms in total. The Hall–Kier alpha value is -2.75. The van der Waals surface area contributed by atoms with Crippen LogP contribution >= 0.6 is 23.2 Å². The molecule has 162 valence electrons. The summed E-state index contributed by atoms with van der Waals surface area (Å²) >= 11 is 12.3. The fourth-order valence-corrected chi connectivity index (χ4v) is 3.71. The molecule has 0 aromatic heterocycles. The van der Waals surface area contributed by atoms with Gasteiger partial charge in [-0.15, -0.1) is 0 Å². The molecule has 1 atom stereocenters. The van der Waals surface area contributed by atoms with E-state index in [4.69, 9.17) is 33.2 Å². The Labute approximate surface area is 192 Å². The quantitative estimate of drug-likeness (QED) is 0.491. The first kappa shape index (κ1) is 22.9. The van der Waals surface area contributed by atoms with E-state index in [9.17, 15) is 4.79 Å². The molecule has 0 bridgehead atoms. The predicted octanol–water partition coefficient (Wildman–Crippen LogP) is 6.34. The van der Waals surface area contributed by atoms with Crippen LogP contribution in [0.5, 0.6) is 5.75 Å². The number of benzene rings is 2. The summed E-state index contributed by atoms with van der Waals surface area (Å²) in [7, 11) is 0. The lowest BCUT2D eigenvalue weighted by Gasteiger charge is -2.16. The highest BCUT2D eigenvalue weighted by molar-refractivity contribution is 6.32. The van der Waals surface area contributed by atoms with E-state index in [1.165, 1.54) is 5.01 Å². The first-order valence-corrected chi connectivity index (χ1v) is 10.9. The molecule has 0 saturated carbocycles. The van der Waals surface area contributed by atoms with E-state index in [-0.39, 0.29) is 18.1 Å². The van der Waals surface area contributed by atoms with Gasteiger partial charge in [-0.25, -0.2) is 9.80 Å². The van der Waals surface area contributed by atoms with E-state index in [0.29, 0.717) is 34.4 Å². The van der Waals surface area contributed by atoms with Crippen molar-refractivity contribution in [3.63, 3.8) is 0 Å². The topological polar surface area (TPSA) is 77.7 Å². The number of nitrogens with zero attached hydrogens (tertiary/aromatic N) is 3. The third-order valence-electron chi connectivity index (χ3n) is 4.77. The van der Waals surface area contributed by atoms with Crippen molar-refractivity contribution in [3.8, 4) is 11.8 Å². The zero-order valence-electron chi connectivity index (χ0n) is 17.4. The van der Waals surface area contributed by atoms with Gasteiger partial charge in [0.05, 0.1) is 29.5 Å². The van der Waals surface area contributed by atoms with Gasteiger partial charge in [-0.05, 0) is 62.6 Å². The van der Waals surface area contributed by atoms with Crippen LogP contribution in [0.2, 0.25) is 10.0 Å². The minimum atomic E-state index is -0.345. The molecule has 2 aromatic rings. The van der Waals surface area contributed by atoms with Crippen LogP contribution in [0.15, 0.2) is 47.6 Å². The number of urea groups is 1. The molecule has 8 heteroatoms. The number of carbonyl (C=O) groups excluding carboxylic acids is 1. The largest absolute Gasteiger partial charge is 0.489 e. The highest BCUT2D eigenvalue weighted by atomic mass is 35.5. The van der Waals surface area contributed by atoms with Crippen molar-refractivity contribution in [1.82, 2.24) is 5.01 Å². The van der Waals surface area contributed by atoms with E-state index in [0.717, 1.165) is 24.1 Å². The molecular formula is C23H24Cl2N4O2. The number of hydrogen-bond donors (Lipinski definition) is 1. The second kappa shape index (κ2) is 10.5. The molecule has 0 saturated heterocycles. The van der Waals surface area contributed by atoms with E-state index in [1.54, 1.807) is 30.3 Å². The Bertz CT molecular complexity index is 1000. The first-order chi connectivity index (χ1) is 14.9. The minimum absolute atomic E-state index is 0.00105. The fourth-order valence-electron chi connectivity index (χ4n) is 3.36. The zero-order chi connectivity index (χ0) is 22.4. The number of amides is 2. The number of halogens is 2. The summed E-state index contributed by atoms with van der Waals surface area (Å²) in [5.41, 5.74) is 2.30. The molecule has 0 aliphatic carbocycles. The molecule has 1 aliphatic heterocycles. The van der Waals surface area contributed by atoms with Gasteiger partial charge in [0.25, 0.3) is 0 Å². The molecule has 31 heavy (non-hydrogen) atoms. The molecule has 3 rings (SSSR count). The van der Waals surface area contributed by atoms with Gasteiger partial charge in [-0.1, -0.05) is 35.3 Å². The van der Waals surface area contributed by atoms with Crippen LogP contribution in [0.25, 0.3) is 0 Å². The molecule has 1 N–H and O–H groups in total. The standard InChI is InChI=1S/C23H24Cl2N4O2/c1-15(2)31-21-11-10-19(13-20(21)25)27-23(30)29-14-17(5-3-4-12-26)22(28-29)16-6-8-18(24)9-7-16/h6-11,13,15,17H,3-5,14H2,1-2H3,(H,27,30). The van der Waals surface area contributed by atoms with Crippen molar-refractivity contribution in [3.05, 3.63) is 58.1 Å². The van der Waals surface area contributed by atoms with Crippen LogP contribution in [-0.2, 0) is 0 Å². The maximum absolute atomic E-state index is 12.9. The lowest BCUT2D eigenvalue weighted by molar-refractivity contribution is 0.215. The van der Waals surface area contributed by atoms with Gasteiger partial charge in [-0.3, -0.25) is 0 Å². The summed E-state index contributed by atoms with van der Waals surface area (Å²) in [4.78, 5) is 12.9. The summed E-state index contributed by atoms with van der Waals surface area (Å²) in [5.74, 6) is 0.613. The lowest BCUT2D eigenvalue weighted by atomic mass is 9.93. The van der Waals surface area contributed by atoms with E-state index >= 15 is 0 Å². The first-order valence-electron chi connectivity index (χ1n) is 10.1. The molecule has 0 radical (unpaired) electrons. The molecule has 1 heterocycles. The summed E-state index contributed by atoms with van der Waals surface area (Å²) < 4.78 is 5.63. The normalized spacial score (nSPS) is 15.5. The summed E-state index contributed by atoms with van der Waals surface area (Å²) in [6, 6.07) is 14.3. The smallest absolute Gasteiger partial charge is 0.342 e. The zero-order valence-corrected chi connectivity index (χ0v) is 19.0. The Morgan fingerprint density at radius 3 is 2.68 bits per heavy atom. The summed E-state index contributed by atoms with van der Waals surface area (Å²) in [5, 5.41) is 18.8. The third-order valence-corrected chi connectivity index (χ3v) is 5.32. The number of rotatable bonds is 7. The van der Waals surface area contributed by atoms with Crippen molar-refractivity contribution in [2.24, 2.45) is 11.0 Å². The van der Waals surface area contributed by atoms with Crippen LogP contribution in [0.3, 0.4) is 0 Å². The lowest BCUT2D eigenvalue weighted by Crippen LogP contribution is -2.30. The van der Waals surface area contributed by atoms with Crippen molar-refractivity contribution in [2.75, 3.05) is 11.9 Å². The van der Waals surface area contributed by atoms with Gasteiger partial charge < -0.3 is 10.1 Å². The number of carbonyl (C=O) groups is 1. The number of ether oxygens (including phenoxy) is 1. The minimum Gasteiger partial charge on any atom is -0.489 e. The van der Waals surface area contributed by atoms with Gasteiger partial charge in [-0.2, -0.15) is 10.4 Å². The van der Waals surface area contributed by atoms with Crippen molar-refractivity contribution >= 4 is 40.6 Å². The van der Waals surface area contributed by atoms with Gasteiger partial charge >= 0.3 is 6.03 Å². The highest BCUT2D eigenvalue weighted by Crippen LogP contribution is 2.30. The van der Waals surface area contributed by atoms with Crippen LogP contribution in [0.4, 0.5) is 10.5 Å². The fraction of sp³-hybridized carbons (Fsp3) is 0.348. The van der Waals surface area contributed by atoms with Crippen LogP contribution < -0.4 is 10.1 Å². The molecule has 1 aliphatic rings. The Balaban J connectivity index is 1.75. The molecule has 2 amide bonds. The van der Waals surface area contributed by atoms with E-state index in [1.807, 2.05) is 26.0 Å². The second-order valence-electron chi connectivity index (χ2n) is 7.56. The maximum atomic E-state index is 12.9. The molecule has 1 unspecified atom stereocenters. The van der Waals surface area contributed by atoms with E-state index in [2.05, 4.69) is 16.5 Å². The van der Waals surface area contributed by atoms with Gasteiger partial charge in [0.15, 0.2) is 0 Å². The molecular weight excluding hydrogens is 435 g/mol. The van der Waals surface area contributed by atoms with Gasteiger partial charge in [0, 0.05) is 23.0 Å². The Kier molecular flexibility index (Phi) is 7.78. The van der Waals surface area contributed by atoms with Gasteiger partial charge in [0.1, 0.15) is 5.75 Å². The number of nitriles is 1. The number of hydrogen-bond acceptors (Lipinski definition) is 4. The Morgan fingerprint density at radius 1 is 1.29 bits per heavy atom. The number of unbranched alkanes of at least 4 members (excludes halogenated alkanes) is 1. The number of nitrogens with one attached hydrogen (secondary N) is 1. The molecule has 2 aromatic carbocycles. The monoisotopic (exact) mass is 458 g/mol. The second-order valence-corrected chi connectivity index (χ2v) is 8.41. The van der Waals surface area contributed by atoms with Crippen molar-refractivity contribution in [1.29, 1.82) is 5.26 Å².